The molecular formula is C11H20. The molecule has 0 heteroatoms. The standard InChI is InChI=1S/C11H20/c1-8-5-6-9-7-10(2,3)11(8,9)4/h8-9H,5-7H2,1-4H3. The Labute approximate surface area is 70.4 Å². The van der Waals surface area contributed by atoms with Crippen LogP contribution in [0, 0.1) is 22.7 Å². The first-order valence-corrected chi connectivity index (χ1v) is 4.98. The van der Waals surface area contributed by atoms with Crippen molar-refractivity contribution in [3.63, 3.8) is 0 Å². The summed E-state index contributed by atoms with van der Waals surface area (Å²) in [6.07, 6.45) is 4.46. The Balaban J connectivity index is 2.29. The van der Waals surface area contributed by atoms with Crippen molar-refractivity contribution in [2.75, 3.05) is 0 Å². The molecule has 64 valence electrons. The molecule has 11 heavy (non-hydrogen) atoms. The van der Waals surface area contributed by atoms with E-state index in [0.29, 0.717) is 10.8 Å². The van der Waals surface area contributed by atoms with Crippen LogP contribution in [0.1, 0.15) is 47.0 Å². The minimum Gasteiger partial charge on any atom is -0.0620 e. The molecule has 2 saturated carbocycles. The highest BCUT2D eigenvalue weighted by molar-refractivity contribution is 5.10. The van der Waals surface area contributed by atoms with Gasteiger partial charge in [-0.15, -0.1) is 0 Å². The Bertz CT molecular complexity index is 172. The van der Waals surface area contributed by atoms with Crippen LogP contribution in [0.15, 0.2) is 0 Å². The normalized spacial score (nSPS) is 53.5. The SMILES string of the molecule is CC1CCC2CC(C)(C)C12C. The predicted molar refractivity (Wildman–Crippen MR) is 48.4 cm³/mol. The summed E-state index contributed by atoms with van der Waals surface area (Å²) in [5, 5.41) is 0. The first kappa shape index (κ1) is 7.64. The lowest BCUT2D eigenvalue weighted by molar-refractivity contribution is -0.111. The number of rotatable bonds is 0. The molecule has 3 unspecified atom stereocenters. The van der Waals surface area contributed by atoms with Crippen LogP contribution >= 0.6 is 0 Å². The van der Waals surface area contributed by atoms with E-state index >= 15 is 0 Å². The molecule has 3 atom stereocenters. The molecule has 2 aliphatic rings. The predicted octanol–water partition coefficient (Wildman–Crippen LogP) is 3.47. The molecule has 0 nitrogen and oxygen atoms in total. The molecule has 2 aliphatic carbocycles. The maximum atomic E-state index is 2.51. The minimum absolute atomic E-state index is 0.633. The second-order valence-electron chi connectivity index (χ2n) is 5.55. The first-order chi connectivity index (χ1) is 4.98. The summed E-state index contributed by atoms with van der Waals surface area (Å²) in [5.41, 5.74) is 1.32. The third-order valence-electron chi connectivity index (χ3n) is 5.03. The van der Waals surface area contributed by atoms with E-state index in [1.807, 2.05) is 0 Å². The molecule has 0 radical (unpaired) electrons. The summed E-state index contributed by atoms with van der Waals surface area (Å²) in [7, 11) is 0. The van der Waals surface area contributed by atoms with Crippen LogP contribution in [-0.2, 0) is 0 Å². The lowest BCUT2D eigenvalue weighted by Gasteiger charge is -2.60. The Kier molecular flexibility index (Phi) is 1.28. The van der Waals surface area contributed by atoms with Crippen molar-refractivity contribution in [3.05, 3.63) is 0 Å². The van der Waals surface area contributed by atoms with Crippen LogP contribution < -0.4 is 0 Å². The van der Waals surface area contributed by atoms with Crippen LogP contribution in [0.3, 0.4) is 0 Å². The van der Waals surface area contributed by atoms with Gasteiger partial charge in [-0.25, -0.2) is 0 Å². The summed E-state index contributed by atoms with van der Waals surface area (Å²) in [6, 6.07) is 0. The minimum atomic E-state index is 0.633. The summed E-state index contributed by atoms with van der Waals surface area (Å²) in [6.45, 7) is 9.86. The molecule has 0 bridgehead atoms. The van der Waals surface area contributed by atoms with Crippen molar-refractivity contribution in [3.8, 4) is 0 Å². The zero-order valence-electron chi connectivity index (χ0n) is 8.28. The monoisotopic (exact) mass is 152 g/mol. The van der Waals surface area contributed by atoms with E-state index in [0.717, 1.165) is 11.8 Å². The topological polar surface area (TPSA) is 0 Å². The number of hydrogen-bond acceptors (Lipinski definition) is 0. The van der Waals surface area contributed by atoms with Gasteiger partial charge in [0.2, 0.25) is 0 Å². The Morgan fingerprint density at radius 3 is 2.09 bits per heavy atom. The third kappa shape index (κ3) is 0.666. The molecule has 0 aromatic rings. The highest BCUT2D eigenvalue weighted by Gasteiger charge is 2.61. The van der Waals surface area contributed by atoms with Crippen molar-refractivity contribution in [2.45, 2.75) is 47.0 Å². The Morgan fingerprint density at radius 1 is 1.09 bits per heavy atom. The second kappa shape index (κ2) is 1.84. The zero-order chi connectivity index (χ0) is 8.28. The number of fused-ring (bicyclic) bond motifs is 1. The van der Waals surface area contributed by atoms with Crippen molar-refractivity contribution in [2.24, 2.45) is 22.7 Å². The van der Waals surface area contributed by atoms with E-state index in [9.17, 15) is 0 Å². The van der Waals surface area contributed by atoms with Gasteiger partial charge in [-0.2, -0.15) is 0 Å². The molecule has 0 heterocycles. The highest BCUT2D eigenvalue weighted by atomic mass is 14.7. The molecule has 0 aromatic heterocycles. The second-order valence-corrected chi connectivity index (χ2v) is 5.55. The maximum absolute atomic E-state index is 2.51. The summed E-state index contributed by atoms with van der Waals surface area (Å²) >= 11 is 0. The Hall–Kier alpha value is 0. The summed E-state index contributed by atoms with van der Waals surface area (Å²) in [5.74, 6) is 2.03. The van der Waals surface area contributed by atoms with Gasteiger partial charge in [0.15, 0.2) is 0 Å². The van der Waals surface area contributed by atoms with E-state index in [2.05, 4.69) is 27.7 Å². The molecular weight excluding hydrogens is 132 g/mol. The van der Waals surface area contributed by atoms with Gasteiger partial charge in [-0.05, 0) is 41.9 Å². The Morgan fingerprint density at radius 2 is 1.73 bits per heavy atom. The van der Waals surface area contributed by atoms with Gasteiger partial charge >= 0.3 is 0 Å². The van der Waals surface area contributed by atoms with E-state index in [4.69, 9.17) is 0 Å². The lowest BCUT2D eigenvalue weighted by atomic mass is 9.45. The first-order valence-electron chi connectivity index (χ1n) is 4.98. The molecule has 2 fully saturated rings. The molecule has 0 saturated heterocycles. The van der Waals surface area contributed by atoms with E-state index in [-0.39, 0.29) is 0 Å². The molecule has 0 aromatic carbocycles. The van der Waals surface area contributed by atoms with Gasteiger partial charge in [-0.1, -0.05) is 27.7 Å². The van der Waals surface area contributed by atoms with Crippen LogP contribution in [0.2, 0.25) is 0 Å². The van der Waals surface area contributed by atoms with Crippen LogP contribution in [-0.4, -0.2) is 0 Å². The maximum Gasteiger partial charge on any atom is -0.0220 e. The molecule has 2 rings (SSSR count). The van der Waals surface area contributed by atoms with Crippen molar-refractivity contribution >= 4 is 0 Å². The smallest absolute Gasteiger partial charge is 0.0220 e. The van der Waals surface area contributed by atoms with Gasteiger partial charge in [0.25, 0.3) is 0 Å². The molecule has 0 N–H and O–H groups in total. The largest absolute Gasteiger partial charge is 0.0620 e. The fraction of sp³-hybridized carbons (Fsp3) is 1.00. The third-order valence-corrected chi connectivity index (χ3v) is 5.03. The molecule has 0 aliphatic heterocycles. The van der Waals surface area contributed by atoms with Gasteiger partial charge in [0, 0.05) is 0 Å². The average Bonchev–Trinajstić information content (AvgIpc) is 2.14. The van der Waals surface area contributed by atoms with Crippen LogP contribution in [0.5, 0.6) is 0 Å². The van der Waals surface area contributed by atoms with E-state index < -0.39 is 0 Å². The summed E-state index contributed by atoms with van der Waals surface area (Å²) in [4.78, 5) is 0. The van der Waals surface area contributed by atoms with Crippen molar-refractivity contribution in [1.29, 1.82) is 0 Å². The van der Waals surface area contributed by atoms with Gasteiger partial charge in [0.05, 0.1) is 0 Å². The van der Waals surface area contributed by atoms with Crippen LogP contribution in [0.25, 0.3) is 0 Å². The van der Waals surface area contributed by atoms with Gasteiger partial charge < -0.3 is 0 Å². The zero-order valence-corrected chi connectivity index (χ0v) is 8.28. The average molecular weight is 152 g/mol. The highest BCUT2D eigenvalue weighted by Crippen LogP contribution is 2.69. The van der Waals surface area contributed by atoms with E-state index in [1.165, 1.54) is 19.3 Å². The van der Waals surface area contributed by atoms with Gasteiger partial charge in [-0.3, -0.25) is 0 Å². The van der Waals surface area contributed by atoms with Crippen LogP contribution in [0.4, 0.5) is 0 Å². The quantitative estimate of drug-likeness (QED) is 0.498. The summed E-state index contributed by atoms with van der Waals surface area (Å²) < 4.78 is 0. The molecule has 0 amide bonds. The number of hydrogen-bond donors (Lipinski definition) is 0. The molecule has 0 spiro atoms. The fourth-order valence-electron chi connectivity index (χ4n) is 3.69. The fourth-order valence-corrected chi connectivity index (χ4v) is 3.69. The van der Waals surface area contributed by atoms with E-state index in [1.54, 1.807) is 0 Å². The van der Waals surface area contributed by atoms with Crippen molar-refractivity contribution in [1.82, 2.24) is 0 Å². The van der Waals surface area contributed by atoms with Gasteiger partial charge in [0.1, 0.15) is 0 Å². The van der Waals surface area contributed by atoms with Crippen molar-refractivity contribution < 1.29 is 0 Å². The lowest BCUT2D eigenvalue weighted by Crippen LogP contribution is -2.53.